The van der Waals surface area contributed by atoms with E-state index in [-0.39, 0.29) is 6.61 Å². The smallest absolute Gasteiger partial charge is 0.187 e. The van der Waals surface area contributed by atoms with Gasteiger partial charge in [-0.3, -0.25) is 10.6 Å². The van der Waals surface area contributed by atoms with Crippen LogP contribution in [0.15, 0.2) is 0 Å². The number of hydrogen-bond donors (Lipinski definition) is 24. The maximum absolute atomic E-state index is 12.1. The Labute approximate surface area is 471 Å². The van der Waals surface area contributed by atoms with E-state index in [2.05, 4.69) is 10.6 Å². The van der Waals surface area contributed by atoms with E-state index >= 15 is 0 Å². The normalized spacial score (nSPS) is 50.9. The molecule has 24 N–H and O–H groups in total. The molecule has 0 saturated carbocycles. The summed E-state index contributed by atoms with van der Waals surface area (Å²) in [4.78, 5) is 0. The van der Waals surface area contributed by atoms with E-state index in [0.29, 0.717) is 0 Å². The van der Waals surface area contributed by atoms with Crippen LogP contribution in [0.3, 0.4) is 0 Å². The molecule has 0 aliphatic carbocycles. The molecular formula is C46H82N2O35. The highest BCUT2D eigenvalue weighted by Crippen LogP contribution is 2.36. The molecule has 0 aromatic heterocycles. The van der Waals surface area contributed by atoms with E-state index in [0.717, 1.165) is 0 Å². The first-order valence-electron chi connectivity index (χ1n) is 26.8. The molecule has 7 heterocycles. The van der Waals surface area contributed by atoms with Crippen molar-refractivity contribution in [1.82, 2.24) is 10.6 Å². The first-order chi connectivity index (χ1) is 39.3. The average Bonchev–Trinajstić information content (AvgIpc) is 3.59. The van der Waals surface area contributed by atoms with Crippen LogP contribution in [0, 0.1) is 0 Å². The monoisotopic (exact) mass is 1220 g/mol. The van der Waals surface area contributed by atoms with E-state index in [1.54, 1.807) is 0 Å². The summed E-state index contributed by atoms with van der Waals surface area (Å²) in [6.07, 6.45) is -62.7. The van der Waals surface area contributed by atoms with Crippen molar-refractivity contribution in [2.45, 2.75) is 235 Å². The molecule has 3 unspecified atom stereocenters. The molecule has 7 aliphatic heterocycles. The summed E-state index contributed by atoms with van der Waals surface area (Å²) in [7, 11) is 0. The Morgan fingerprint density at radius 3 is 1.11 bits per heavy atom. The molecule has 7 fully saturated rings. The lowest BCUT2D eigenvalue weighted by Crippen LogP contribution is -2.70. The molecule has 36 atom stereocenters. The topological polar surface area (TPSA) is 589 Å². The fraction of sp³-hybridized carbons (Fsp3) is 1.00. The maximum Gasteiger partial charge on any atom is 0.187 e. The number of hydrogen-bond acceptors (Lipinski definition) is 37. The van der Waals surface area contributed by atoms with Gasteiger partial charge >= 0.3 is 0 Å². The molecule has 37 nitrogen and oxygen atoms in total. The van der Waals surface area contributed by atoms with Crippen LogP contribution in [-0.4, -0.2) is 386 Å². The van der Waals surface area contributed by atoms with Gasteiger partial charge in [0.25, 0.3) is 0 Å². The predicted octanol–water partition coefficient (Wildman–Crippen LogP) is -15.7. The third-order valence-corrected chi connectivity index (χ3v) is 15.4. The fourth-order valence-electron chi connectivity index (χ4n) is 10.6. The third-order valence-electron chi connectivity index (χ3n) is 15.4. The molecule has 7 rings (SSSR count). The standard InChI is InChI=1S/C46H82N2O35/c1-11(53)47-13-7-71-16(5-51)38(22(13)55)81-41-21(48-12(2)54)28(61)39(17(6-52)77-41)82-46-37(70)40(83-45-36(69)32(65)26(59)19(79-45)9-73-43-34(67)30(63)24(57)15(4-50)76-43)27(60)20(80-46)10-74-44-35(68)31(64)25(58)18(78-44)8-72-42-33(66)29(62)23(56)14(3-49)75-42/h11-70H,3-10H2,1-2H3/t11-,12?,13-,14+,15+,16+,17+,18+,19+,20+,21+,22+,23+,24-,25+,26+,27+,28?,29-,30-,31?,32-,33-,34+,35-,36-,37-,38+,39+,40-,41-,42+,43-,44-,45-,46-/m0/s1. The average molecular weight is 1220 g/mol. The largest absolute Gasteiger partial charge is 0.394 e. The van der Waals surface area contributed by atoms with Gasteiger partial charge < -0.3 is 174 Å². The molecule has 0 aromatic rings. The van der Waals surface area contributed by atoms with Crippen LogP contribution in [-0.2, 0) is 61.6 Å². The van der Waals surface area contributed by atoms with Crippen molar-refractivity contribution in [2.24, 2.45) is 0 Å². The Morgan fingerprint density at radius 1 is 0.337 bits per heavy atom. The molecule has 0 amide bonds. The number of aliphatic hydroxyl groups is 22. The van der Waals surface area contributed by atoms with Crippen molar-refractivity contribution in [3.05, 3.63) is 0 Å². The van der Waals surface area contributed by atoms with Crippen molar-refractivity contribution < 1.29 is 174 Å². The van der Waals surface area contributed by atoms with Crippen molar-refractivity contribution in [1.29, 1.82) is 0 Å². The van der Waals surface area contributed by atoms with E-state index in [4.69, 9.17) is 61.6 Å². The van der Waals surface area contributed by atoms with E-state index in [1.165, 1.54) is 13.8 Å². The number of aliphatic hydroxyl groups excluding tert-OH is 22. The minimum Gasteiger partial charge on any atom is -0.394 e. The van der Waals surface area contributed by atoms with Gasteiger partial charge in [-0.25, -0.2) is 0 Å². The summed E-state index contributed by atoms with van der Waals surface area (Å²) in [5.74, 6) is 0. The van der Waals surface area contributed by atoms with Gasteiger partial charge in [-0.2, -0.15) is 0 Å². The van der Waals surface area contributed by atoms with Crippen molar-refractivity contribution >= 4 is 0 Å². The SMILES string of the molecule is CC(O)N[C@@H]1C(O)[C@H](O[C@@H]2O[C@H](CO[C@H]3O[C@H](CO[C@@H]4O[C@H](CO)[C@@H](O)[C@H](O)[C@@H]4O)[C@@H](O)C(O)[C@@H]3O)[C@@H](O)[C@H](O[C@@H]3O[C@H](CO[C@H]4O[C@H](CO)[C@H](O)[C@H](O)[C@H]4O)[C@@H](O)[C@H](O)[C@@H]3O)[C@@H]2O)[C@@H](CO)O[C@H]1O[C@H]1[C@H](O)[C@@H](N[C@H](C)O)CO[C@@H]1CO. The summed E-state index contributed by atoms with van der Waals surface area (Å²) >= 11 is 0. The first-order valence-corrected chi connectivity index (χ1v) is 26.8. The first kappa shape index (κ1) is 69.0. The molecule has 37 heteroatoms. The highest BCUT2D eigenvalue weighted by molar-refractivity contribution is 5.01. The highest BCUT2D eigenvalue weighted by Gasteiger charge is 2.57. The molecule has 0 aromatic carbocycles. The quantitative estimate of drug-likeness (QED) is 0.0422. The van der Waals surface area contributed by atoms with Crippen molar-refractivity contribution in [3.63, 3.8) is 0 Å². The van der Waals surface area contributed by atoms with E-state index in [9.17, 15) is 112 Å². The Bertz CT molecular complexity index is 1930. The summed E-state index contributed by atoms with van der Waals surface area (Å²) < 4.78 is 74.5. The van der Waals surface area contributed by atoms with Gasteiger partial charge in [0.2, 0.25) is 0 Å². The second-order valence-electron chi connectivity index (χ2n) is 21.3. The Kier molecular flexibility index (Phi) is 25.2. The lowest BCUT2D eigenvalue weighted by atomic mass is 9.94. The number of ether oxygens (including phenoxy) is 13. The lowest BCUT2D eigenvalue weighted by Gasteiger charge is -2.50. The Morgan fingerprint density at radius 2 is 0.675 bits per heavy atom. The van der Waals surface area contributed by atoms with Crippen molar-refractivity contribution in [3.8, 4) is 0 Å². The van der Waals surface area contributed by atoms with Gasteiger partial charge in [0.15, 0.2) is 37.7 Å². The van der Waals surface area contributed by atoms with Gasteiger partial charge in [0.1, 0.15) is 171 Å². The van der Waals surface area contributed by atoms with Crippen molar-refractivity contribution in [2.75, 3.05) is 52.9 Å². The van der Waals surface area contributed by atoms with E-state index in [1.807, 2.05) is 0 Å². The molecular weight excluding hydrogens is 1140 g/mol. The fourth-order valence-corrected chi connectivity index (χ4v) is 10.6. The van der Waals surface area contributed by atoms with E-state index < -0.39 is 267 Å². The van der Waals surface area contributed by atoms with Crippen LogP contribution < -0.4 is 10.6 Å². The molecule has 7 saturated heterocycles. The lowest BCUT2D eigenvalue weighted by molar-refractivity contribution is -0.385. The van der Waals surface area contributed by atoms with Crippen LogP contribution in [0.4, 0.5) is 0 Å². The number of nitrogens with one attached hydrogen (secondary N) is 2. The summed E-state index contributed by atoms with van der Waals surface area (Å²) in [6, 6.07) is -2.59. The zero-order valence-corrected chi connectivity index (χ0v) is 44.6. The molecule has 0 spiro atoms. The van der Waals surface area contributed by atoms with Gasteiger partial charge in [0, 0.05) is 0 Å². The Hall–Kier alpha value is -1.48. The Balaban J connectivity index is 1.13. The van der Waals surface area contributed by atoms with Crippen LogP contribution in [0.5, 0.6) is 0 Å². The zero-order valence-electron chi connectivity index (χ0n) is 44.6. The van der Waals surface area contributed by atoms with Gasteiger partial charge in [-0.1, -0.05) is 0 Å². The summed E-state index contributed by atoms with van der Waals surface area (Å²) in [5.41, 5.74) is 0. The zero-order chi connectivity index (χ0) is 61.0. The van der Waals surface area contributed by atoms with Crippen LogP contribution in [0.1, 0.15) is 13.8 Å². The van der Waals surface area contributed by atoms with Crippen LogP contribution >= 0.6 is 0 Å². The molecule has 83 heavy (non-hydrogen) atoms. The minimum atomic E-state index is -2.32. The second kappa shape index (κ2) is 30.4. The highest BCUT2D eigenvalue weighted by atomic mass is 16.8. The van der Waals surface area contributed by atoms with Gasteiger partial charge in [-0.15, -0.1) is 0 Å². The van der Waals surface area contributed by atoms with Gasteiger partial charge in [-0.05, 0) is 13.8 Å². The molecule has 0 bridgehead atoms. The number of rotatable bonds is 23. The maximum atomic E-state index is 12.1. The third kappa shape index (κ3) is 15.6. The van der Waals surface area contributed by atoms with Crippen LogP contribution in [0.25, 0.3) is 0 Å². The molecule has 486 valence electrons. The summed E-state index contributed by atoms with van der Waals surface area (Å²) in [5, 5.41) is 241. The van der Waals surface area contributed by atoms with Gasteiger partial charge in [0.05, 0.1) is 64.9 Å². The molecule has 7 aliphatic rings. The predicted molar refractivity (Wildman–Crippen MR) is 256 cm³/mol. The minimum absolute atomic E-state index is 0.205. The summed E-state index contributed by atoms with van der Waals surface area (Å²) in [6.45, 7) is -3.66. The van der Waals surface area contributed by atoms with Crippen LogP contribution in [0.2, 0.25) is 0 Å². The molecule has 0 radical (unpaired) electrons. The second-order valence-corrected chi connectivity index (χ2v) is 21.3.